The molecule has 0 aromatic carbocycles. The highest BCUT2D eigenvalue weighted by Crippen LogP contribution is 2.45. The molecule has 1 aliphatic carbocycles. The van der Waals surface area contributed by atoms with Crippen LogP contribution in [-0.2, 0) is 4.74 Å². The Bertz CT molecular complexity index is 366. The average Bonchev–Trinajstić information content (AvgIpc) is 2.38. The Hall–Kier alpha value is -0.470. The smallest absolute Gasteiger partial charge is 0.119 e. The quantitative estimate of drug-likeness (QED) is 0.709. The third-order valence-corrected chi connectivity index (χ3v) is 3.94. The van der Waals surface area contributed by atoms with Crippen molar-refractivity contribution >= 4 is 12.4 Å². The zero-order valence-electron chi connectivity index (χ0n) is 10.8. The molecule has 0 bridgehead atoms. The van der Waals surface area contributed by atoms with E-state index in [1.54, 1.807) is 0 Å². The zero-order chi connectivity index (χ0) is 11.4. The molecule has 92 valence electrons. The van der Waals surface area contributed by atoms with Gasteiger partial charge in [0.25, 0.3) is 0 Å². The van der Waals surface area contributed by atoms with Gasteiger partial charge in [-0.1, -0.05) is 6.92 Å². The summed E-state index contributed by atoms with van der Waals surface area (Å²) in [6.45, 7) is 10.7. The topological polar surface area (TPSA) is 35.2 Å². The lowest BCUT2D eigenvalue weighted by atomic mass is 9.72. The van der Waals surface area contributed by atoms with Crippen LogP contribution in [0.4, 0.5) is 0 Å². The molecule has 2 atom stereocenters. The van der Waals surface area contributed by atoms with Crippen LogP contribution in [0.25, 0.3) is 0 Å². The highest BCUT2D eigenvalue weighted by molar-refractivity contribution is 5.85. The summed E-state index contributed by atoms with van der Waals surface area (Å²) >= 11 is 0. The minimum Gasteiger partial charge on any atom is -0.488 e. The molecule has 0 aromatic rings. The first-order chi connectivity index (χ1) is 6.74. The highest BCUT2D eigenvalue weighted by atomic mass is 35.5. The van der Waals surface area contributed by atoms with Crippen molar-refractivity contribution in [3.8, 4) is 0 Å². The van der Waals surface area contributed by atoms with Crippen LogP contribution in [0.15, 0.2) is 23.0 Å². The third kappa shape index (κ3) is 1.89. The fourth-order valence-corrected chi connectivity index (χ4v) is 2.49. The molecule has 1 aliphatic heterocycles. The number of allylic oxidation sites excluding steroid dienone is 1. The van der Waals surface area contributed by atoms with Crippen LogP contribution in [0, 0.1) is 5.92 Å². The Morgan fingerprint density at radius 1 is 1.38 bits per heavy atom. The molecule has 16 heavy (non-hydrogen) atoms. The number of ether oxygens (including phenoxy) is 1. The number of hydrogen-bond acceptors (Lipinski definition) is 2. The van der Waals surface area contributed by atoms with Crippen molar-refractivity contribution in [3.63, 3.8) is 0 Å². The second kappa shape index (κ2) is 3.78. The van der Waals surface area contributed by atoms with E-state index in [0.29, 0.717) is 5.92 Å². The lowest BCUT2D eigenvalue weighted by Gasteiger charge is -2.36. The Labute approximate surface area is 104 Å². The summed E-state index contributed by atoms with van der Waals surface area (Å²) in [5, 5.41) is 0. The highest BCUT2D eigenvalue weighted by Gasteiger charge is 2.42. The van der Waals surface area contributed by atoms with Crippen molar-refractivity contribution in [2.45, 2.75) is 52.2 Å². The predicted octanol–water partition coefficient (Wildman–Crippen LogP) is 3.17. The summed E-state index contributed by atoms with van der Waals surface area (Å²) in [5.41, 5.74) is 8.67. The van der Waals surface area contributed by atoms with Crippen LogP contribution >= 0.6 is 12.4 Å². The van der Waals surface area contributed by atoms with Crippen LogP contribution in [0.3, 0.4) is 0 Å². The van der Waals surface area contributed by atoms with E-state index < -0.39 is 0 Å². The van der Waals surface area contributed by atoms with E-state index in [4.69, 9.17) is 10.5 Å². The van der Waals surface area contributed by atoms with Crippen LogP contribution in [-0.4, -0.2) is 11.1 Å². The minimum atomic E-state index is -0.220. The van der Waals surface area contributed by atoms with Crippen molar-refractivity contribution in [1.82, 2.24) is 0 Å². The number of rotatable bonds is 0. The standard InChI is InChI=1S/C13H21NO.ClH/c1-8-6-11-10(7-12(3,4)15-11)9(2)13(8,5)14;/h6,9H,7,14H2,1-5H3;1H. The minimum absolute atomic E-state index is 0. The van der Waals surface area contributed by atoms with Crippen molar-refractivity contribution in [2.24, 2.45) is 11.7 Å². The maximum absolute atomic E-state index is 6.35. The summed E-state index contributed by atoms with van der Waals surface area (Å²) in [5.74, 6) is 1.44. The lowest BCUT2D eigenvalue weighted by Crippen LogP contribution is -2.46. The van der Waals surface area contributed by atoms with E-state index in [1.807, 2.05) is 0 Å². The van der Waals surface area contributed by atoms with Gasteiger partial charge >= 0.3 is 0 Å². The molecule has 2 nitrogen and oxygen atoms in total. The van der Waals surface area contributed by atoms with E-state index in [-0.39, 0.29) is 23.5 Å². The van der Waals surface area contributed by atoms with Gasteiger partial charge in [-0.25, -0.2) is 0 Å². The first-order valence-corrected chi connectivity index (χ1v) is 5.64. The predicted molar refractivity (Wildman–Crippen MR) is 69.6 cm³/mol. The molecule has 0 saturated carbocycles. The molecule has 0 fully saturated rings. The van der Waals surface area contributed by atoms with Crippen molar-refractivity contribution in [3.05, 3.63) is 23.0 Å². The normalized spacial score (nSPS) is 36.1. The van der Waals surface area contributed by atoms with Gasteiger partial charge in [0.15, 0.2) is 0 Å². The molecule has 0 saturated heterocycles. The molecule has 2 aliphatic rings. The zero-order valence-corrected chi connectivity index (χ0v) is 11.6. The maximum atomic E-state index is 6.35. The van der Waals surface area contributed by atoms with Gasteiger partial charge in [0, 0.05) is 17.9 Å². The molecule has 3 heteroatoms. The number of halogens is 1. The summed E-state index contributed by atoms with van der Waals surface area (Å²) in [6, 6.07) is 0. The molecule has 2 N–H and O–H groups in total. The summed E-state index contributed by atoms with van der Waals surface area (Å²) in [7, 11) is 0. The first kappa shape index (κ1) is 13.6. The van der Waals surface area contributed by atoms with Gasteiger partial charge in [-0.05, 0) is 44.9 Å². The van der Waals surface area contributed by atoms with E-state index in [1.165, 1.54) is 11.1 Å². The largest absolute Gasteiger partial charge is 0.488 e. The lowest BCUT2D eigenvalue weighted by molar-refractivity contribution is 0.0681. The molecule has 2 unspecified atom stereocenters. The van der Waals surface area contributed by atoms with E-state index in [9.17, 15) is 0 Å². The van der Waals surface area contributed by atoms with Gasteiger partial charge in [-0.15, -0.1) is 12.4 Å². The third-order valence-electron chi connectivity index (χ3n) is 3.94. The average molecular weight is 244 g/mol. The Kier molecular flexibility index (Phi) is 3.21. The molecule has 2 rings (SSSR count). The summed E-state index contributed by atoms with van der Waals surface area (Å²) in [6.07, 6.45) is 3.12. The molecule has 0 spiro atoms. The second-order valence-electron chi connectivity index (χ2n) is 5.76. The van der Waals surface area contributed by atoms with Crippen molar-refractivity contribution in [2.75, 3.05) is 0 Å². The van der Waals surface area contributed by atoms with Crippen LogP contribution in [0.2, 0.25) is 0 Å². The fourth-order valence-electron chi connectivity index (χ4n) is 2.49. The van der Waals surface area contributed by atoms with Gasteiger partial charge in [0.05, 0.1) is 0 Å². The van der Waals surface area contributed by atoms with Gasteiger partial charge in [-0.2, -0.15) is 0 Å². The number of nitrogens with two attached hydrogens (primary N) is 1. The van der Waals surface area contributed by atoms with E-state index >= 15 is 0 Å². The summed E-state index contributed by atoms with van der Waals surface area (Å²) in [4.78, 5) is 0. The van der Waals surface area contributed by atoms with Gasteiger partial charge in [0.2, 0.25) is 0 Å². The second-order valence-corrected chi connectivity index (χ2v) is 5.76. The van der Waals surface area contributed by atoms with Gasteiger partial charge < -0.3 is 10.5 Å². The van der Waals surface area contributed by atoms with Gasteiger partial charge in [0.1, 0.15) is 11.4 Å². The molecular weight excluding hydrogens is 222 g/mol. The maximum Gasteiger partial charge on any atom is 0.119 e. The Balaban J connectivity index is 0.00000128. The summed E-state index contributed by atoms with van der Waals surface area (Å²) < 4.78 is 5.93. The van der Waals surface area contributed by atoms with Crippen LogP contribution in [0.1, 0.15) is 41.0 Å². The van der Waals surface area contributed by atoms with E-state index in [2.05, 4.69) is 40.7 Å². The Morgan fingerprint density at radius 3 is 2.50 bits per heavy atom. The fraction of sp³-hybridized carbons (Fsp3) is 0.692. The van der Waals surface area contributed by atoms with Crippen molar-refractivity contribution < 1.29 is 4.74 Å². The Morgan fingerprint density at radius 2 is 1.94 bits per heavy atom. The van der Waals surface area contributed by atoms with Crippen LogP contribution < -0.4 is 5.73 Å². The monoisotopic (exact) mass is 243 g/mol. The first-order valence-electron chi connectivity index (χ1n) is 5.64. The molecule has 0 radical (unpaired) electrons. The molecule has 1 heterocycles. The van der Waals surface area contributed by atoms with E-state index in [0.717, 1.165) is 12.2 Å². The van der Waals surface area contributed by atoms with Crippen LogP contribution in [0.5, 0.6) is 0 Å². The van der Waals surface area contributed by atoms with Gasteiger partial charge in [-0.3, -0.25) is 0 Å². The molecule has 0 amide bonds. The SMILES string of the molecule is CC1=CC2=C(CC(C)(C)O2)C(C)C1(C)N.Cl. The van der Waals surface area contributed by atoms with Crippen molar-refractivity contribution in [1.29, 1.82) is 0 Å². The molecular formula is C13H22ClNO. The number of hydrogen-bond donors (Lipinski definition) is 1. The molecule has 0 aromatic heterocycles.